The van der Waals surface area contributed by atoms with Gasteiger partial charge in [0, 0.05) is 31.8 Å². The largest absolute Gasteiger partial charge is 0.456 e. The van der Waals surface area contributed by atoms with Crippen molar-refractivity contribution in [3.63, 3.8) is 0 Å². The summed E-state index contributed by atoms with van der Waals surface area (Å²) >= 11 is 0. The van der Waals surface area contributed by atoms with Crippen molar-refractivity contribution in [3.05, 3.63) is 44.9 Å². The quantitative estimate of drug-likeness (QED) is 0.0819. The maximum Gasteiger partial charge on any atom is 0.330 e. The van der Waals surface area contributed by atoms with Crippen molar-refractivity contribution in [2.24, 2.45) is 5.73 Å². The highest BCUT2D eigenvalue weighted by atomic mass is 16.7. The van der Waals surface area contributed by atoms with Crippen LogP contribution in [0.15, 0.2) is 33.7 Å². The molecule has 0 aliphatic carbocycles. The van der Waals surface area contributed by atoms with Crippen LogP contribution in [0.3, 0.4) is 0 Å². The average molecular weight is 766 g/mol. The molecule has 2 fully saturated rings. The van der Waals surface area contributed by atoms with Crippen molar-refractivity contribution in [3.8, 4) is 0 Å². The number of nitrogens with zero attached hydrogens (tertiary/aromatic N) is 1. The summed E-state index contributed by atoms with van der Waals surface area (Å²) in [5.41, 5.74) is 4.14. The average Bonchev–Trinajstić information content (AvgIpc) is 3.38. The second-order valence-corrected chi connectivity index (χ2v) is 14.1. The second-order valence-electron chi connectivity index (χ2n) is 14.1. The summed E-state index contributed by atoms with van der Waals surface area (Å²) in [5.74, 6) is -3.56. The van der Waals surface area contributed by atoms with Crippen molar-refractivity contribution >= 4 is 23.7 Å². The van der Waals surface area contributed by atoms with Gasteiger partial charge in [-0.15, -0.1) is 0 Å². The van der Waals surface area contributed by atoms with Crippen LogP contribution >= 0.6 is 0 Å². The number of rotatable bonds is 19. The summed E-state index contributed by atoms with van der Waals surface area (Å²) in [7, 11) is 1.24. The number of esters is 1. The summed E-state index contributed by atoms with van der Waals surface area (Å²) in [5, 5.41) is 26.8. The maximum absolute atomic E-state index is 13.2. The number of methoxy groups -OCH3 is 1. The number of aromatic amines is 1. The molecule has 10 atom stereocenters. The van der Waals surface area contributed by atoms with Crippen molar-refractivity contribution < 1.29 is 53.1 Å². The summed E-state index contributed by atoms with van der Waals surface area (Å²) in [6.07, 6.45) is 0.199. The van der Waals surface area contributed by atoms with E-state index in [0.717, 1.165) is 55.0 Å². The first-order valence-corrected chi connectivity index (χ1v) is 18.8. The monoisotopic (exact) mass is 765 g/mol. The summed E-state index contributed by atoms with van der Waals surface area (Å²) in [6, 6.07) is 0.0785. The lowest BCUT2D eigenvalue weighted by Crippen LogP contribution is -2.54. The molecule has 54 heavy (non-hydrogen) atoms. The van der Waals surface area contributed by atoms with E-state index in [-0.39, 0.29) is 12.5 Å². The van der Waals surface area contributed by atoms with E-state index in [1.165, 1.54) is 32.8 Å². The van der Waals surface area contributed by atoms with Crippen LogP contribution < -0.4 is 27.6 Å². The fourth-order valence-electron chi connectivity index (χ4n) is 6.82. The molecule has 3 amide bonds. The minimum atomic E-state index is -1.88. The number of aromatic nitrogens is 2. The van der Waals surface area contributed by atoms with Gasteiger partial charge in [0.1, 0.15) is 30.5 Å². The summed E-state index contributed by atoms with van der Waals surface area (Å²) in [6.45, 7) is 4.01. The third kappa shape index (κ3) is 11.5. The highest BCUT2D eigenvalue weighted by molar-refractivity contribution is 5.95. The van der Waals surface area contributed by atoms with Gasteiger partial charge in [-0.1, -0.05) is 58.3 Å². The smallest absolute Gasteiger partial charge is 0.330 e. The Hall–Kier alpha value is -4.10. The number of aliphatic hydroxyl groups is 2. The molecule has 0 bridgehead atoms. The first-order valence-electron chi connectivity index (χ1n) is 18.8. The topological polar surface area (TPSA) is 260 Å². The van der Waals surface area contributed by atoms with Crippen molar-refractivity contribution in [2.45, 2.75) is 159 Å². The Morgan fingerprint density at radius 3 is 2.37 bits per heavy atom. The fourth-order valence-corrected chi connectivity index (χ4v) is 6.82. The van der Waals surface area contributed by atoms with Gasteiger partial charge in [-0.05, 0) is 38.7 Å². The molecule has 4 heterocycles. The second kappa shape index (κ2) is 20.5. The van der Waals surface area contributed by atoms with E-state index in [2.05, 4.69) is 22.5 Å². The van der Waals surface area contributed by atoms with E-state index in [4.69, 9.17) is 29.4 Å². The van der Waals surface area contributed by atoms with Gasteiger partial charge in [0.2, 0.25) is 18.1 Å². The predicted molar refractivity (Wildman–Crippen MR) is 190 cm³/mol. The van der Waals surface area contributed by atoms with Crippen molar-refractivity contribution in [1.29, 1.82) is 0 Å². The molecule has 1 aromatic rings. The first kappa shape index (κ1) is 42.6. The normalized spacial score (nSPS) is 28.9. The molecule has 3 aliphatic rings. The van der Waals surface area contributed by atoms with Crippen LogP contribution in [0.1, 0.15) is 104 Å². The Labute approximate surface area is 313 Å². The van der Waals surface area contributed by atoms with Crippen LogP contribution in [0.5, 0.6) is 0 Å². The molecule has 18 nitrogen and oxygen atoms in total. The zero-order valence-corrected chi connectivity index (χ0v) is 31.1. The lowest BCUT2D eigenvalue weighted by molar-refractivity contribution is -0.241. The fraction of sp³-hybridized carbons (Fsp3) is 0.722. The van der Waals surface area contributed by atoms with E-state index in [9.17, 15) is 39.0 Å². The molecule has 2 saturated heterocycles. The number of carbonyl (C=O) groups excluding carboxylic acids is 4. The van der Waals surface area contributed by atoms with Crippen molar-refractivity contribution in [2.75, 3.05) is 7.11 Å². The number of nitrogens with two attached hydrogens (primary N) is 1. The molecule has 0 unspecified atom stereocenters. The molecule has 0 aromatic carbocycles. The van der Waals surface area contributed by atoms with E-state index in [0.29, 0.717) is 19.3 Å². The molecular formula is C36H55N5O13. The number of aliphatic hydroxyl groups excluding tert-OH is 2. The Kier molecular flexibility index (Phi) is 16.2. The number of nitrogens with one attached hydrogen (secondary N) is 3. The van der Waals surface area contributed by atoms with Crippen LogP contribution in [-0.2, 0) is 42.9 Å². The van der Waals surface area contributed by atoms with Gasteiger partial charge in [-0.25, -0.2) is 4.79 Å². The lowest BCUT2D eigenvalue weighted by atomic mass is 10.0. The SMILES string of the molecule is CCCCCCCCCCCC(=O)O[C@@H]1[C@H](OC)[C@@H]([C@@H](O[C@H]2OC(C(=O)N[C@H]3CCC[C@@H](C)NC3=O)=C[C@H](O)[C@@H]2O)C(N)=O)O[C@H]1n1ccc(=O)[nH]c1=O. The highest BCUT2D eigenvalue weighted by Crippen LogP contribution is 2.36. The number of hydrogen-bond donors (Lipinski definition) is 6. The number of primary amides is 1. The van der Waals surface area contributed by atoms with Crippen LogP contribution in [-0.4, -0.2) is 106 Å². The van der Waals surface area contributed by atoms with E-state index >= 15 is 0 Å². The Morgan fingerprint density at radius 1 is 1.04 bits per heavy atom. The number of amides is 3. The molecule has 0 radical (unpaired) electrons. The van der Waals surface area contributed by atoms with E-state index in [1.54, 1.807) is 0 Å². The zero-order valence-electron chi connectivity index (χ0n) is 31.1. The summed E-state index contributed by atoms with van der Waals surface area (Å²) < 4.78 is 29.9. The van der Waals surface area contributed by atoms with Gasteiger partial charge in [0.15, 0.2) is 24.2 Å². The van der Waals surface area contributed by atoms with Gasteiger partial charge < -0.3 is 50.3 Å². The number of hydrogen-bond acceptors (Lipinski definition) is 13. The van der Waals surface area contributed by atoms with Gasteiger partial charge in [0.25, 0.3) is 11.5 Å². The Balaban J connectivity index is 1.48. The van der Waals surface area contributed by atoms with Crippen molar-refractivity contribution in [1.82, 2.24) is 20.2 Å². The number of carbonyl (C=O) groups is 4. The van der Waals surface area contributed by atoms with Crippen LogP contribution in [0, 0.1) is 0 Å². The van der Waals surface area contributed by atoms with Crippen LogP contribution in [0.4, 0.5) is 0 Å². The molecule has 3 aliphatic heterocycles. The minimum absolute atomic E-state index is 0.0507. The maximum atomic E-state index is 13.2. The molecule has 18 heteroatoms. The molecule has 0 spiro atoms. The number of H-pyrrole nitrogens is 1. The zero-order chi connectivity index (χ0) is 39.4. The van der Waals surface area contributed by atoms with Gasteiger partial charge in [-0.3, -0.25) is 33.5 Å². The van der Waals surface area contributed by atoms with Crippen LogP contribution in [0.2, 0.25) is 0 Å². The number of unbranched alkanes of at least 4 members (excludes halogenated alkanes) is 8. The molecule has 1 aromatic heterocycles. The van der Waals surface area contributed by atoms with E-state index < -0.39 is 95.9 Å². The Morgan fingerprint density at radius 2 is 1.72 bits per heavy atom. The van der Waals surface area contributed by atoms with Crippen LogP contribution in [0.25, 0.3) is 0 Å². The third-order valence-electron chi connectivity index (χ3n) is 9.79. The van der Waals surface area contributed by atoms with Gasteiger partial charge in [0.05, 0.1) is 0 Å². The lowest BCUT2D eigenvalue weighted by Gasteiger charge is -2.35. The molecule has 7 N–H and O–H groups in total. The van der Waals surface area contributed by atoms with Gasteiger partial charge >= 0.3 is 11.7 Å². The molecule has 0 saturated carbocycles. The highest BCUT2D eigenvalue weighted by Gasteiger charge is 2.54. The minimum Gasteiger partial charge on any atom is -0.456 e. The molecule has 302 valence electrons. The summed E-state index contributed by atoms with van der Waals surface area (Å²) in [4.78, 5) is 78.7. The number of ether oxygens (including phenoxy) is 5. The first-order chi connectivity index (χ1) is 25.8. The van der Waals surface area contributed by atoms with E-state index in [1.807, 2.05) is 6.92 Å². The standard InChI is InChI=1S/C36H55N5O13/c1-4-5-6-7-8-9-10-11-12-16-25(44)52-30-27(50-3)28(53-34(30)41-18-17-24(43)40-36(41)49)29(31(37)46)54-35-26(45)22(42)19-23(51-35)33(48)39-21-15-13-14-20(2)38-32(21)47/h17-22,26-30,34-35,42,45H,4-16H2,1-3H3,(H2,37,46)(H,38,47)(H,39,48)(H,40,43,49)/t20-,21+,22+,26+,27-,28+,29-,30-,34-,35-/m1/s1. The van der Waals surface area contributed by atoms with Gasteiger partial charge in [-0.2, -0.15) is 0 Å². The Bertz CT molecular complexity index is 1580. The molecule has 4 rings (SSSR count). The molecular weight excluding hydrogens is 710 g/mol. The predicted octanol–water partition coefficient (Wildman–Crippen LogP) is 0.288. The third-order valence-corrected chi connectivity index (χ3v) is 9.79.